The normalized spacial score (nSPS) is 21.7. The summed E-state index contributed by atoms with van der Waals surface area (Å²) in [7, 11) is 0. The molecule has 3 heterocycles. The van der Waals surface area contributed by atoms with Gasteiger partial charge in [-0.3, -0.25) is 0 Å². The van der Waals surface area contributed by atoms with Gasteiger partial charge in [-0.2, -0.15) is 0 Å². The zero-order valence-corrected chi connectivity index (χ0v) is 24.7. The van der Waals surface area contributed by atoms with Gasteiger partial charge in [0.05, 0.1) is 22.2 Å². The first-order valence-electron chi connectivity index (χ1n) is 14.4. The topological polar surface area (TPSA) is 96.7 Å². The lowest BCUT2D eigenvalue weighted by Gasteiger charge is -2.39. The number of esters is 1. The molecule has 10 heteroatoms. The molecule has 1 saturated carbocycles. The first-order chi connectivity index (χ1) is 19.8. The van der Waals surface area contributed by atoms with E-state index in [2.05, 4.69) is 15.8 Å². The molecular weight excluding hydrogens is 563 g/mol. The number of nitrogens with one attached hydrogen (secondary N) is 2. The third-order valence-corrected chi connectivity index (χ3v) is 9.11. The number of hydrogen-bond acceptors (Lipinski definition) is 6. The van der Waals surface area contributed by atoms with Gasteiger partial charge in [0, 0.05) is 47.4 Å². The standard InChI is InChI=1S/C31H34Cl2N4O4/c1-3-40-30(38)19-9-12-26(17(2)13-19)35-31(39)37-21-10-11-22(37)15-20(14-21)34-16-23-28(36-41-29(23)18-7-8-18)27-24(32)5-4-6-25(27)33/h4-6,9,12-13,18,20-22,34H,3,7-8,10-11,14-16H2,1-2H3,(H,35,39). The van der Waals surface area contributed by atoms with Crippen LogP contribution < -0.4 is 10.6 Å². The number of carbonyl (C=O) groups is 2. The number of hydrogen-bond donors (Lipinski definition) is 2. The van der Waals surface area contributed by atoms with E-state index < -0.39 is 0 Å². The largest absolute Gasteiger partial charge is 0.462 e. The Hall–Kier alpha value is -3.07. The van der Waals surface area contributed by atoms with Crippen LogP contribution in [0.2, 0.25) is 10.0 Å². The fourth-order valence-corrected chi connectivity index (χ4v) is 6.90. The number of fused-ring (bicyclic) bond motifs is 2. The van der Waals surface area contributed by atoms with Gasteiger partial charge in [-0.15, -0.1) is 0 Å². The van der Waals surface area contributed by atoms with Crippen molar-refractivity contribution in [3.8, 4) is 11.3 Å². The Balaban J connectivity index is 1.12. The van der Waals surface area contributed by atoms with Crippen LogP contribution in [0.25, 0.3) is 11.3 Å². The van der Waals surface area contributed by atoms with E-state index in [4.69, 9.17) is 32.5 Å². The summed E-state index contributed by atoms with van der Waals surface area (Å²) in [6.45, 7) is 4.59. The highest BCUT2D eigenvalue weighted by molar-refractivity contribution is 6.39. The molecule has 41 heavy (non-hydrogen) atoms. The lowest BCUT2D eigenvalue weighted by Crippen LogP contribution is -2.52. The van der Waals surface area contributed by atoms with Crippen LogP contribution in [0.1, 0.15) is 78.6 Å². The molecule has 0 spiro atoms. The summed E-state index contributed by atoms with van der Waals surface area (Å²) in [5.41, 5.74) is 4.44. The van der Waals surface area contributed by atoms with Crippen molar-refractivity contribution in [3.05, 3.63) is 68.9 Å². The maximum Gasteiger partial charge on any atom is 0.338 e. The molecule has 6 rings (SSSR count). The fourth-order valence-electron chi connectivity index (χ4n) is 6.33. The maximum atomic E-state index is 13.4. The molecule has 1 aliphatic carbocycles. The number of anilines is 1. The molecule has 3 aromatic rings. The van der Waals surface area contributed by atoms with E-state index in [0.717, 1.165) is 55.4 Å². The number of aromatic nitrogens is 1. The van der Waals surface area contributed by atoms with Crippen molar-refractivity contribution in [1.29, 1.82) is 0 Å². The number of piperidine rings is 1. The Labute approximate surface area is 249 Å². The van der Waals surface area contributed by atoms with Crippen molar-refractivity contribution in [3.63, 3.8) is 0 Å². The monoisotopic (exact) mass is 596 g/mol. The van der Waals surface area contributed by atoms with Crippen LogP contribution in [0.5, 0.6) is 0 Å². The van der Waals surface area contributed by atoms with Crippen molar-refractivity contribution in [2.24, 2.45) is 0 Å². The Kier molecular flexibility index (Phi) is 7.99. The predicted octanol–water partition coefficient (Wildman–Crippen LogP) is 7.33. The number of urea groups is 1. The van der Waals surface area contributed by atoms with Crippen molar-refractivity contribution in [2.75, 3.05) is 11.9 Å². The van der Waals surface area contributed by atoms with E-state index in [0.29, 0.717) is 51.6 Å². The van der Waals surface area contributed by atoms with Gasteiger partial charge >= 0.3 is 12.0 Å². The van der Waals surface area contributed by atoms with E-state index in [1.54, 1.807) is 25.1 Å². The smallest absolute Gasteiger partial charge is 0.338 e. The number of nitrogens with zero attached hydrogens (tertiary/aromatic N) is 2. The van der Waals surface area contributed by atoms with Crippen molar-refractivity contribution in [2.45, 2.75) is 83.0 Å². The highest BCUT2D eigenvalue weighted by atomic mass is 35.5. The lowest BCUT2D eigenvalue weighted by atomic mass is 9.96. The van der Waals surface area contributed by atoms with E-state index in [1.807, 2.05) is 30.0 Å². The summed E-state index contributed by atoms with van der Waals surface area (Å²) in [4.78, 5) is 27.5. The Bertz CT molecular complexity index is 1440. The van der Waals surface area contributed by atoms with Gasteiger partial charge in [0.2, 0.25) is 0 Å². The first-order valence-corrected chi connectivity index (χ1v) is 15.1. The van der Waals surface area contributed by atoms with Crippen LogP contribution in [0.4, 0.5) is 10.5 Å². The van der Waals surface area contributed by atoms with Gasteiger partial charge in [0.1, 0.15) is 11.5 Å². The molecule has 0 radical (unpaired) electrons. The summed E-state index contributed by atoms with van der Waals surface area (Å²) in [6.07, 6.45) is 5.91. The molecular formula is C31H34Cl2N4O4. The second-order valence-corrected chi connectivity index (χ2v) is 12.1. The highest BCUT2D eigenvalue weighted by Crippen LogP contribution is 2.46. The first kappa shape index (κ1) is 28.1. The van der Waals surface area contributed by atoms with Gasteiger partial charge < -0.3 is 24.8 Å². The molecule has 2 aliphatic heterocycles. The van der Waals surface area contributed by atoms with Crippen LogP contribution in [0.15, 0.2) is 40.9 Å². The molecule has 8 nitrogen and oxygen atoms in total. The molecule has 2 saturated heterocycles. The molecule has 2 amide bonds. The van der Waals surface area contributed by atoms with Crippen LogP contribution in [-0.4, -0.2) is 46.8 Å². The van der Waals surface area contributed by atoms with Crippen LogP contribution in [0, 0.1) is 6.92 Å². The lowest BCUT2D eigenvalue weighted by molar-refractivity contribution is 0.0526. The zero-order valence-electron chi connectivity index (χ0n) is 23.2. The fraction of sp³-hybridized carbons (Fsp3) is 0.452. The van der Waals surface area contributed by atoms with E-state index in [9.17, 15) is 9.59 Å². The molecule has 2 bridgehead atoms. The van der Waals surface area contributed by atoms with Gasteiger partial charge in [-0.1, -0.05) is 34.4 Å². The van der Waals surface area contributed by atoms with E-state index >= 15 is 0 Å². The molecule has 3 aliphatic rings. The minimum atomic E-state index is -0.362. The van der Waals surface area contributed by atoms with E-state index in [-0.39, 0.29) is 30.1 Å². The SMILES string of the molecule is CCOC(=O)c1ccc(NC(=O)N2C3CCC2CC(NCc2c(-c4c(Cl)cccc4Cl)noc2C2CC2)C3)c(C)c1. The summed E-state index contributed by atoms with van der Waals surface area (Å²) < 4.78 is 10.9. The molecule has 1 aromatic heterocycles. The van der Waals surface area contributed by atoms with Gasteiger partial charge in [0.15, 0.2) is 0 Å². The molecule has 216 valence electrons. The average molecular weight is 598 g/mol. The Morgan fingerprint density at radius 1 is 1.07 bits per heavy atom. The van der Waals surface area contributed by atoms with Crippen LogP contribution in [-0.2, 0) is 11.3 Å². The molecule has 3 fully saturated rings. The number of aryl methyl sites for hydroxylation is 1. The van der Waals surface area contributed by atoms with Crippen molar-refractivity contribution >= 4 is 40.9 Å². The van der Waals surface area contributed by atoms with E-state index in [1.165, 1.54) is 0 Å². The molecule has 2 N–H and O–H groups in total. The van der Waals surface area contributed by atoms with Gasteiger partial charge in [-0.25, -0.2) is 9.59 Å². The predicted molar refractivity (Wildman–Crippen MR) is 159 cm³/mol. The summed E-state index contributed by atoms with van der Waals surface area (Å²) >= 11 is 13.1. The molecule has 2 unspecified atom stereocenters. The summed E-state index contributed by atoms with van der Waals surface area (Å²) in [5, 5.41) is 12.4. The van der Waals surface area contributed by atoms with Crippen LogP contribution >= 0.6 is 23.2 Å². The quantitative estimate of drug-likeness (QED) is 0.264. The zero-order chi connectivity index (χ0) is 28.7. The van der Waals surface area contributed by atoms with Crippen molar-refractivity contribution in [1.82, 2.24) is 15.4 Å². The minimum absolute atomic E-state index is 0.0892. The maximum absolute atomic E-state index is 13.4. The second kappa shape index (κ2) is 11.7. The number of ether oxygens (including phenoxy) is 1. The number of amides is 2. The highest BCUT2D eigenvalue weighted by Gasteiger charge is 2.43. The molecule has 2 aromatic carbocycles. The van der Waals surface area contributed by atoms with Crippen molar-refractivity contribution < 1.29 is 18.8 Å². The third kappa shape index (κ3) is 5.70. The number of halogens is 2. The van der Waals surface area contributed by atoms with Gasteiger partial charge in [0.25, 0.3) is 0 Å². The average Bonchev–Trinajstić information content (AvgIpc) is 3.65. The summed E-state index contributed by atoms with van der Waals surface area (Å²) in [5.74, 6) is 0.956. The molecule has 2 atom stereocenters. The van der Waals surface area contributed by atoms with Gasteiger partial charge in [-0.05, 0) is 88.3 Å². The summed E-state index contributed by atoms with van der Waals surface area (Å²) in [6, 6.07) is 11.2. The number of carbonyl (C=O) groups excluding carboxylic acids is 2. The Morgan fingerprint density at radius 2 is 1.78 bits per heavy atom. The number of rotatable bonds is 8. The Morgan fingerprint density at radius 3 is 2.41 bits per heavy atom. The van der Waals surface area contributed by atoms with Crippen LogP contribution in [0.3, 0.4) is 0 Å². The minimum Gasteiger partial charge on any atom is -0.462 e. The third-order valence-electron chi connectivity index (χ3n) is 8.48. The number of benzene rings is 2. The second-order valence-electron chi connectivity index (χ2n) is 11.3.